The first-order chi connectivity index (χ1) is 14.2. The van der Waals surface area contributed by atoms with E-state index >= 15 is 0 Å². The van der Waals surface area contributed by atoms with Crippen LogP contribution in [0.15, 0.2) is 41.3 Å². The first kappa shape index (κ1) is 21.8. The maximum atomic E-state index is 10.1. The number of aryl methyl sites for hydroxylation is 2. The molecule has 0 aliphatic carbocycles. The van der Waals surface area contributed by atoms with Gasteiger partial charge in [-0.05, 0) is 61.3 Å². The quantitative estimate of drug-likeness (QED) is 0.573. The van der Waals surface area contributed by atoms with Gasteiger partial charge in [0.05, 0.1) is 7.11 Å². The van der Waals surface area contributed by atoms with Crippen molar-refractivity contribution in [2.24, 2.45) is 0 Å². The monoisotopic (exact) mass is 417 g/mol. The van der Waals surface area contributed by atoms with Crippen molar-refractivity contribution in [2.75, 3.05) is 39.2 Å². The Morgan fingerprint density at radius 1 is 1.10 bits per heavy atom. The van der Waals surface area contributed by atoms with Crippen LogP contribution in [0.5, 0.6) is 17.2 Å². The minimum absolute atomic E-state index is 0.259. The number of nitrogens with one attached hydrogen (secondary N) is 1. The van der Waals surface area contributed by atoms with Gasteiger partial charge >= 0.3 is 0 Å². The molecule has 2 aromatic carbocycles. The van der Waals surface area contributed by atoms with Crippen molar-refractivity contribution >= 4 is 11.8 Å². The van der Waals surface area contributed by atoms with Crippen LogP contribution in [0.3, 0.4) is 0 Å². The van der Waals surface area contributed by atoms with Gasteiger partial charge < -0.3 is 24.6 Å². The average Bonchev–Trinajstić information content (AvgIpc) is 2.97. The van der Waals surface area contributed by atoms with E-state index in [1.165, 1.54) is 23.3 Å². The predicted octanol–water partition coefficient (Wildman–Crippen LogP) is 3.84. The molecule has 1 heterocycles. The van der Waals surface area contributed by atoms with Crippen LogP contribution in [0.2, 0.25) is 0 Å². The van der Waals surface area contributed by atoms with E-state index < -0.39 is 6.10 Å². The molecule has 0 saturated heterocycles. The Labute approximate surface area is 177 Å². The van der Waals surface area contributed by atoms with Gasteiger partial charge in [0.25, 0.3) is 0 Å². The molecule has 1 atom stereocenters. The zero-order valence-corrected chi connectivity index (χ0v) is 18.1. The molecule has 0 spiro atoms. The van der Waals surface area contributed by atoms with Crippen LogP contribution >= 0.6 is 11.8 Å². The Morgan fingerprint density at radius 2 is 1.97 bits per heavy atom. The van der Waals surface area contributed by atoms with Gasteiger partial charge in [0.2, 0.25) is 0 Å². The minimum atomic E-state index is -0.575. The van der Waals surface area contributed by atoms with Gasteiger partial charge in [-0.15, -0.1) is 11.8 Å². The molecule has 158 valence electrons. The van der Waals surface area contributed by atoms with E-state index in [-0.39, 0.29) is 6.61 Å². The molecule has 3 rings (SSSR count). The van der Waals surface area contributed by atoms with Crippen molar-refractivity contribution in [1.82, 2.24) is 5.32 Å². The summed E-state index contributed by atoms with van der Waals surface area (Å²) in [5, 5.41) is 13.3. The largest absolute Gasteiger partial charge is 0.493 e. The summed E-state index contributed by atoms with van der Waals surface area (Å²) in [6.07, 6.45) is 2.98. The highest BCUT2D eigenvalue weighted by molar-refractivity contribution is 7.99. The standard InChI is InChI=1S/C23H31NO4S/c1-17-7-3-4-9-20(17)28-16-19(25)15-24-10-11-27-22-13-18-8-5-6-12-29-23(18)14-21(22)26-2/h3-4,7,9,13-14,19,24-25H,5-6,8,10-12,15-16H2,1-2H3. The van der Waals surface area contributed by atoms with E-state index in [2.05, 4.69) is 17.4 Å². The number of thioether (sulfide) groups is 1. The van der Waals surface area contributed by atoms with Gasteiger partial charge in [-0.25, -0.2) is 0 Å². The van der Waals surface area contributed by atoms with Gasteiger partial charge in [0, 0.05) is 18.0 Å². The molecule has 0 amide bonds. The van der Waals surface area contributed by atoms with Crippen LogP contribution < -0.4 is 19.5 Å². The maximum absolute atomic E-state index is 10.1. The molecule has 0 saturated carbocycles. The minimum Gasteiger partial charge on any atom is -0.493 e. The molecular weight excluding hydrogens is 386 g/mol. The zero-order valence-electron chi connectivity index (χ0n) is 17.3. The summed E-state index contributed by atoms with van der Waals surface area (Å²) in [5.41, 5.74) is 2.41. The molecule has 29 heavy (non-hydrogen) atoms. The Kier molecular flexibility index (Phi) is 8.52. The van der Waals surface area contributed by atoms with Crippen LogP contribution in [-0.4, -0.2) is 50.4 Å². The van der Waals surface area contributed by atoms with Crippen molar-refractivity contribution in [2.45, 2.75) is 37.2 Å². The molecule has 1 aliphatic rings. The number of hydrogen-bond donors (Lipinski definition) is 2. The second-order valence-corrected chi connectivity index (χ2v) is 8.34. The van der Waals surface area contributed by atoms with Crippen molar-refractivity contribution in [1.29, 1.82) is 0 Å². The first-order valence-corrected chi connectivity index (χ1v) is 11.2. The van der Waals surface area contributed by atoms with Gasteiger partial charge in [0.15, 0.2) is 11.5 Å². The molecule has 2 N–H and O–H groups in total. The third-order valence-corrected chi connectivity index (χ3v) is 6.07. The topological polar surface area (TPSA) is 60.0 Å². The fourth-order valence-electron chi connectivity index (χ4n) is 3.25. The lowest BCUT2D eigenvalue weighted by Gasteiger charge is -2.16. The van der Waals surface area contributed by atoms with E-state index in [0.29, 0.717) is 19.7 Å². The van der Waals surface area contributed by atoms with Crippen LogP contribution in [0.4, 0.5) is 0 Å². The molecule has 1 aliphatic heterocycles. The maximum Gasteiger partial charge on any atom is 0.161 e. The third-order valence-electron chi connectivity index (χ3n) is 4.89. The smallest absolute Gasteiger partial charge is 0.161 e. The lowest BCUT2D eigenvalue weighted by Crippen LogP contribution is -2.33. The highest BCUT2D eigenvalue weighted by atomic mass is 32.2. The molecule has 0 fully saturated rings. The van der Waals surface area contributed by atoms with Gasteiger partial charge in [-0.3, -0.25) is 0 Å². The van der Waals surface area contributed by atoms with Crippen LogP contribution in [0, 0.1) is 6.92 Å². The van der Waals surface area contributed by atoms with Crippen molar-refractivity contribution in [3.8, 4) is 17.2 Å². The number of aliphatic hydroxyl groups excluding tert-OH is 1. The second-order valence-electron chi connectivity index (χ2n) is 7.20. The average molecular weight is 418 g/mol. The summed E-state index contributed by atoms with van der Waals surface area (Å²) in [6, 6.07) is 12.0. The molecular formula is C23H31NO4S. The highest BCUT2D eigenvalue weighted by Gasteiger charge is 2.14. The SMILES string of the molecule is COc1cc2c(cc1OCCNCC(O)COc1ccccc1C)CCCCS2. The number of ether oxygens (including phenoxy) is 3. The highest BCUT2D eigenvalue weighted by Crippen LogP contribution is 2.38. The fourth-order valence-corrected chi connectivity index (χ4v) is 4.36. The van der Waals surface area contributed by atoms with E-state index in [9.17, 15) is 5.11 Å². The van der Waals surface area contributed by atoms with E-state index in [0.717, 1.165) is 35.0 Å². The fraction of sp³-hybridized carbons (Fsp3) is 0.478. The summed E-state index contributed by atoms with van der Waals surface area (Å²) < 4.78 is 17.1. The lowest BCUT2D eigenvalue weighted by atomic mass is 10.1. The van der Waals surface area contributed by atoms with Crippen molar-refractivity contribution in [3.05, 3.63) is 47.5 Å². The van der Waals surface area contributed by atoms with E-state index in [1.54, 1.807) is 7.11 Å². The molecule has 1 unspecified atom stereocenters. The summed E-state index contributed by atoms with van der Waals surface area (Å²) in [7, 11) is 1.68. The van der Waals surface area contributed by atoms with Crippen LogP contribution in [0.25, 0.3) is 0 Å². The Bertz CT molecular complexity index is 783. The molecule has 2 aromatic rings. The summed E-state index contributed by atoms with van der Waals surface area (Å²) in [5.74, 6) is 3.54. The summed E-state index contributed by atoms with van der Waals surface area (Å²) in [6.45, 7) is 3.85. The Morgan fingerprint density at radius 3 is 2.79 bits per heavy atom. The second kappa shape index (κ2) is 11.3. The summed E-state index contributed by atoms with van der Waals surface area (Å²) in [4.78, 5) is 1.31. The van der Waals surface area contributed by atoms with Gasteiger partial charge in [-0.1, -0.05) is 18.2 Å². The Hall–Kier alpha value is -1.89. The molecule has 0 aromatic heterocycles. The Balaban J connectivity index is 1.40. The predicted molar refractivity (Wildman–Crippen MR) is 118 cm³/mol. The van der Waals surface area contributed by atoms with Gasteiger partial charge in [0.1, 0.15) is 25.1 Å². The van der Waals surface area contributed by atoms with Crippen molar-refractivity contribution in [3.63, 3.8) is 0 Å². The normalized spacial score (nSPS) is 14.6. The molecule has 0 radical (unpaired) electrons. The van der Waals surface area contributed by atoms with E-state index in [1.807, 2.05) is 43.0 Å². The summed E-state index contributed by atoms with van der Waals surface area (Å²) >= 11 is 1.90. The van der Waals surface area contributed by atoms with Crippen molar-refractivity contribution < 1.29 is 19.3 Å². The molecule has 0 bridgehead atoms. The first-order valence-electron chi connectivity index (χ1n) is 10.2. The number of benzene rings is 2. The number of para-hydroxylation sites is 1. The molecule has 6 heteroatoms. The van der Waals surface area contributed by atoms with Crippen LogP contribution in [0.1, 0.15) is 24.0 Å². The third kappa shape index (κ3) is 6.56. The van der Waals surface area contributed by atoms with Gasteiger partial charge in [-0.2, -0.15) is 0 Å². The molecule has 5 nitrogen and oxygen atoms in total. The number of hydrogen-bond acceptors (Lipinski definition) is 6. The lowest BCUT2D eigenvalue weighted by molar-refractivity contribution is 0.105. The number of rotatable bonds is 10. The number of fused-ring (bicyclic) bond motifs is 1. The number of methoxy groups -OCH3 is 1. The number of aliphatic hydroxyl groups is 1. The zero-order chi connectivity index (χ0) is 20.5. The van der Waals surface area contributed by atoms with E-state index in [4.69, 9.17) is 14.2 Å². The van der Waals surface area contributed by atoms with Crippen LogP contribution in [-0.2, 0) is 6.42 Å².